The maximum atomic E-state index is 10.7. The first-order valence-electron chi connectivity index (χ1n) is 4.93. The smallest absolute Gasteiger partial charge is 0.438 e. The highest BCUT2D eigenvalue weighted by atomic mass is 16.7. The molecule has 1 aliphatic carbocycles. The van der Waals surface area contributed by atoms with Crippen molar-refractivity contribution in [1.29, 1.82) is 0 Å². The van der Waals surface area contributed by atoms with E-state index in [1.165, 1.54) is 32.8 Å². The van der Waals surface area contributed by atoms with E-state index in [1.807, 2.05) is 0 Å². The van der Waals surface area contributed by atoms with Crippen molar-refractivity contribution in [1.82, 2.24) is 0 Å². The molecule has 1 rings (SSSR count). The molecule has 0 unspecified atom stereocenters. The zero-order valence-corrected chi connectivity index (χ0v) is 8.41. The Hall–Kier alpha value is -0.730. The second-order valence-corrected chi connectivity index (χ2v) is 3.89. The maximum Gasteiger partial charge on any atom is 0.507 e. The molecule has 0 bridgehead atoms. The van der Waals surface area contributed by atoms with Crippen molar-refractivity contribution < 1.29 is 14.3 Å². The molecule has 0 heterocycles. The van der Waals surface area contributed by atoms with Crippen molar-refractivity contribution >= 4 is 6.16 Å². The van der Waals surface area contributed by atoms with E-state index >= 15 is 0 Å². The van der Waals surface area contributed by atoms with Gasteiger partial charge in [-0.1, -0.05) is 19.8 Å². The Balaban J connectivity index is 2.12. The molecular weight excluding hydrogens is 168 g/mol. The molecule has 0 amide bonds. The predicted octanol–water partition coefficient (Wildman–Crippen LogP) is 2.60. The van der Waals surface area contributed by atoms with Crippen LogP contribution in [0.25, 0.3) is 0 Å². The molecule has 76 valence electrons. The van der Waals surface area contributed by atoms with Crippen LogP contribution in [-0.2, 0) is 9.47 Å². The van der Waals surface area contributed by atoms with Crippen LogP contribution in [-0.4, -0.2) is 19.9 Å². The summed E-state index contributed by atoms with van der Waals surface area (Å²) in [6.45, 7) is 2.80. The van der Waals surface area contributed by atoms with Gasteiger partial charge in [0, 0.05) is 0 Å². The predicted molar refractivity (Wildman–Crippen MR) is 49.5 cm³/mol. The normalized spacial score (nSPS) is 28.2. The van der Waals surface area contributed by atoms with E-state index in [2.05, 4.69) is 11.7 Å². The fourth-order valence-corrected chi connectivity index (χ4v) is 1.74. The minimum absolute atomic E-state index is 0.527. The van der Waals surface area contributed by atoms with Gasteiger partial charge in [0.15, 0.2) is 0 Å². The Labute approximate surface area is 79.4 Å². The summed E-state index contributed by atoms with van der Waals surface area (Å²) in [7, 11) is 1.34. The van der Waals surface area contributed by atoms with Crippen LogP contribution in [0.3, 0.4) is 0 Å². The standard InChI is InChI=1S/C10H18O3/c1-8-3-5-9(6-4-8)7-13-10(11)12-2/h8-9H,3-7H2,1-2H3/t8-,9-. The quantitative estimate of drug-likeness (QED) is 0.622. The van der Waals surface area contributed by atoms with E-state index in [9.17, 15) is 4.79 Å². The van der Waals surface area contributed by atoms with Gasteiger partial charge >= 0.3 is 6.16 Å². The summed E-state index contributed by atoms with van der Waals surface area (Å²) in [5.41, 5.74) is 0. The van der Waals surface area contributed by atoms with Crippen LogP contribution in [0.15, 0.2) is 0 Å². The van der Waals surface area contributed by atoms with Crippen LogP contribution in [0, 0.1) is 11.8 Å². The molecule has 1 fully saturated rings. The number of carbonyl (C=O) groups excluding carboxylic acids is 1. The topological polar surface area (TPSA) is 35.5 Å². The average Bonchev–Trinajstić information content (AvgIpc) is 2.16. The molecule has 0 saturated heterocycles. The highest BCUT2D eigenvalue weighted by Gasteiger charge is 2.19. The number of rotatable bonds is 2. The number of carbonyl (C=O) groups is 1. The summed E-state index contributed by atoms with van der Waals surface area (Å²) in [6.07, 6.45) is 4.32. The zero-order valence-electron chi connectivity index (χ0n) is 8.41. The summed E-state index contributed by atoms with van der Waals surface area (Å²) < 4.78 is 9.31. The van der Waals surface area contributed by atoms with Crippen molar-refractivity contribution in [3.05, 3.63) is 0 Å². The molecule has 0 aromatic rings. The Morgan fingerprint density at radius 1 is 1.31 bits per heavy atom. The molecule has 3 nitrogen and oxygen atoms in total. The number of hydrogen-bond donors (Lipinski definition) is 0. The zero-order chi connectivity index (χ0) is 9.68. The summed E-state index contributed by atoms with van der Waals surface area (Å²) in [6, 6.07) is 0. The molecule has 0 N–H and O–H groups in total. The van der Waals surface area contributed by atoms with Crippen molar-refractivity contribution in [3.8, 4) is 0 Å². The van der Waals surface area contributed by atoms with Crippen molar-refractivity contribution in [2.24, 2.45) is 11.8 Å². The first-order chi connectivity index (χ1) is 6.22. The first kappa shape index (κ1) is 10.4. The summed E-state index contributed by atoms with van der Waals surface area (Å²) >= 11 is 0. The molecule has 0 aromatic carbocycles. The minimum Gasteiger partial charge on any atom is -0.438 e. The van der Waals surface area contributed by atoms with Crippen molar-refractivity contribution in [3.63, 3.8) is 0 Å². The molecule has 0 aliphatic heterocycles. The third kappa shape index (κ3) is 3.66. The lowest BCUT2D eigenvalue weighted by molar-refractivity contribution is 0.0521. The van der Waals surface area contributed by atoms with Crippen LogP contribution in [0.5, 0.6) is 0 Å². The van der Waals surface area contributed by atoms with E-state index in [0.717, 1.165) is 5.92 Å². The van der Waals surface area contributed by atoms with Crippen molar-refractivity contribution in [2.75, 3.05) is 13.7 Å². The molecular formula is C10H18O3. The number of hydrogen-bond acceptors (Lipinski definition) is 3. The van der Waals surface area contributed by atoms with Gasteiger partial charge in [0.25, 0.3) is 0 Å². The summed E-state index contributed by atoms with van der Waals surface area (Å²) in [5, 5.41) is 0. The second-order valence-electron chi connectivity index (χ2n) is 3.89. The van der Waals surface area contributed by atoms with Gasteiger partial charge in [-0.25, -0.2) is 4.79 Å². The van der Waals surface area contributed by atoms with Gasteiger partial charge in [0.1, 0.15) is 0 Å². The van der Waals surface area contributed by atoms with E-state index in [-0.39, 0.29) is 0 Å². The van der Waals surface area contributed by atoms with Gasteiger partial charge in [0.2, 0.25) is 0 Å². The average molecular weight is 186 g/mol. The van der Waals surface area contributed by atoms with Gasteiger partial charge in [-0.2, -0.15) is 0 Å². The molecule has 3 heteroatoms. The van der Waals surface area contributed by atoms with E-state index in [0.29, 0.717) is 12.5 Å². The monoisotopic (exact) mass is 186 g/mol. The molecule has 0 spiro atoms. The van der Waals surface area contributed by atoms with Gasteiger partial charge in [0.05, 0.1) is 13.7 Å². The van der Waals surface area contributed by atoms with Crippen LogP contribution >= 0.6 is 0 Å². The lowest BCUT2D eigenvalue weighted by Crippen LogP contribution is -2.19. The van der Waals surface area contributed by atoms with Gasteiger partial charge < -0.3 is 9.47 Å². The van der Waals surface area contributed by atoms with Crippen LogP contribution in [0.4, 0.5) is 4.79 Å². The molecule has 1 aliphatic rings. The third-order valence-electron chi connectivity index (χ3n) is 2.74. The highest BCUT2D eigenvalue weighted by Crippen LogP contribution is 2.28. The maximum absolute atomic E-state index is 10.7. The lowest BCUT2D eigenvalue weighted by Gasteiger charge is -2.25. The Bertz CT molecular complexity index is 160. The first-order valence-corrected chi connectivity index (χ1v) is 4.93. The molecule has 0 aromatic heterocycles. The van der Waals surface area contributed by atoms with Crippen LogP contribution in [0.2, 0.25) is 0 Å². The number of methoxy groups -OCH3 is 1. The largest absolute Gasteiger partial charge is 0.507 e. The minimum atomic E-state index is -0.557. The fourth-order valence-electron chi connectivity index (χ4n) is 1.74. The van der Waals surface area contributed by atoms with E-state index in [1.54, 1.807) is 0 Å². The van der Waals surface area contributed by atoms with E-state index in [4.69, 9.17) is 4.74 Å². The second kappa shape index (κ2) is 5.10. The SMILES string of the molecule is COC(=O)OC[C@H]1CC[C@H](C)CC1. The van der Waals surface area contributed by atoms with E-state index < -0.39 is 6.16 Å². The van der Waals surface area contributed by atoms with Crippen LogP contribution in [0.1, 0.15) is 32.6 Å². The van der Waals surface area contributed by atoms with Gasteiger partial charge in [-0.15, -0.1) is 0 Å². The summed E-state index contributed by atoms with van der Waals surface area (Å²) in [5.74, 6) is 1.39. The Morgan fingerprint density at radius 2 is 1.92 bits per heavy atom. The molecule has 1 saturated carbocycles. The Kier molecular flexibility index (Phi) is 4.06. The Morgan fingerprint density at radius 3 is 2.46 bits per heavy atom. The fraction of sp³-hybridized carbons (Fsp3) is 0.900. The number of ether oxygens (including phenoxy) is 2. The summed E-state index contributed by atoms with van der Waals surface area (Å²) in [4.78, 5) is 10.7. The molecule has 0 radical (unpaired) electrons. The third-order valence-corrected chi connectivity index (χ3v) is 2.74. The molecule has 13 heavy (non-hydrogen) atoms. The van der Waals surface area contributed by atoms with Gasteiger partial charge in [-0.05, 0) is 24.7 Å². The molecule has 0 atom stereocenters. The lowest BCUT2D eigenvalue weighted by atomic mass is 9.83. The van der Waals surface area contributed by atoms with Crippen LogP contribution < -0.4 is 0 Å². The van der Waals surface area contributed by atoms with Crippen molar-refractivity contribution in [2.45, 2.75) is 32.6 Å². The van der Waals surface area contributed by atoms with Gasteiger partial charge in [-0.3, -0.25) is 0 Å². The highest BCUT2D eigenvalue weighted by molar-refractivity contribution is 5.59.